The Bertz CT molecular complexity index is 871. The molecule has 0 atom stereocenters. The molecule has 7 heteroatoms. The van der Waals surface area contributed by atoms with Crippen molar-refractivity contribution in [2.45, 2.75) is 32.7 Å². The zero-order valence-electron chi connectivity index (χ0n) is 11.6. The van der Waals surface area contributed by atoms with Gasteiger partial charge in [0.15, 0.2) is 5.58 Å². The van der Waals surface area contributed by atoms with Crippen LogP contribution in [0.25, 0.3) is 16.6 Å². The van der Waals surface area contributed by atoms with Gasteiger partial charge in [-0.25, -0.2) is 4.68 Å². The molecule has 0 amide bonds. The fraction of sp³-hybridized carbons (Fsp3) is 0.357. The van der Waals surface area contributed by atoms with Crippen molar-refractivity contribution in [1.82, 2.24) is 14.2 Å². The topological polar surface area (TPSA) is 89.7 Å². The standard InChI is InChI=1S/C14H15N3O4/c1-2-12-15-16(6-3-4-13(18)19)14(20)10-8-11-9(17(10)12)5-7-21-11/h5,7-8H,2-4,6H2,1H3,(H,18,19). The Labute approximate surface area is 119 Å². The summed E-state index contributed by atoms with van der Waals surface area (Å²) < 4.78 is 8.48. The number of furan rings is 1. The van der Waals surface area contributed by atoms with E-state index in [1.165, 1.54) is 4.68 Å². The first-order valence-corrected chi connectivity index (χ1v) is 6.82. The number of carboxylic acid groups (broad SMARTS) is 1. The van der Waals surface area contributed by atoms with E-state index in [1.54, 1.807) is 22.8 Å². The Hall–Kier alpha value is -2.57. The largest absolute Gasteiger partial charge is 0.481 e. The predicted octanol–water partition coefficient (Wildman–Crippen LogP) is 1.67. The molecule has 0 bridgehead atoms. The summed E-state index contributed by atoms with van der Waals surface area (Å²) in [4.78, 5) is 23.0. The zero-order valence-corrected chi connectivity index (χ0v) is 11.6. The summed E-state index contributed by atoms with van der Waals surface area (Å²) in [5.74, 6) is -0.128. The fourth-order valence-corrected chi connectivity index (χ4v) is 2.48. The molecule has 3 rings (SSSR count). The molecule has 110 valence electrons. The normalized spacial score (nSPS) is 11.5. The Balaban J connectivity index is 2.12. The Morgan fingerprint density at radius 2 is 2.24 bits per heavy atom. The van der Waals surface area contributed by atoms with Crippen LogP contribution in [0, 0.1) is 0 Å². The number of nitrogens with zero attached hydrogens (tertiary/aromatic N) is 3. The third kappa shape index (κ3) is 2.20. The number of hydrogen-bond acceptors (Lipinski definition) is 4. The average molecular weight is 289 g/mol. The molecule has 0 saturated carbocycles. The van der Waals surface area contributed by atoms with Crippen LogP contribution in [0.4, 0.5) is 0 Å². The van der Waals surface area contributed by atoms with Gasteiger partial charge in [0.1, 0.15) is 11.3 Å². The average Bonchev–Trinajstić information content (AvgIpc) is 3.02. The lowest BCUT2D eigenvalue weighted by Crippen LogP contribution is -2.27. The summed E-state index contributed by atoms with van der Waals surface area (Å²) in [7, 11) is 0. The minimum atomic E-state index is -0.875. The van der Waals surface area contributed by atoms with Crippen LogP contribution in [0.3, 0.4) is 0 Å². The van der Waals surface area contributed by atoms with Gasteiger partial charge in [-0.1, -0.05) is 6.92 Å². The molecule has 0 spiro atoms. The second-order valence-corrected chi connectivity index (χ2v) is 4.83. The number of carboxylic acids is 1. The molecule has 0 aliphatic carbocycles. The smallest absolute Gasteiger partial charge is 0.303 e. The lowest BCUT2D eigenvalue weighted by Gasteiger charge is -2.09. The highest BCUT2D eigenvalue weighted by atomic mass is 16.4. The molecule has 3 aromatic rings. The molecule has 7 nitrogen and oxygen atoms in total. The number of aryl methyl sites for hydroxylation is 2. The molecule has 3 aromatic heterocycles. The highest BCUT2D eigenvalue weighted by Crippen LogP contribution is 2.20. The number of fused-ring (bicyclic) bond motifs is 3. The van der Waals surface area contributed by atoms with Gasteiger partial charge in [0.2, 0.25) is 0 Å². The van der Waals surface area contributed by atoms with Crippen molar-refractivity contribution in [2.24, 2.45) is 0 Å². The monoisotopic (exact) mass is 289 g/mol. The maximum absolute atomic E-state index is 12.4. The van der Waals surface area contributed by atoms with E-state index in [-0.39, 0.29) is 12.0 Å². The van der Waals surface area contributed by atoms with Crippen LogP contribution in [0.5, 0.6) is 0 Å². The van der Waals surface area contributed by atoms with Gasteiger partial charge in [0.05, 0.1) is 11.8 Å². The Morgan fingerprint density at radius 1 is 1.43 bits per heavy atom. The van der Waals surface area contributed by atoms with E-state index in [0.29, 0.717) is 30.5 Å². The van der Waals surface area contributed by atoms with Crippen LogP contribution in [0.1, 0.15) is 25.6 Å². The molecule has 3 heterocycles. The highest BCUT2D eigenvalue weighted by molar-refractivity contribution is 5.82. The summed E-state index contributed by atoms with van der Waals surface area (Å²) in [6.07, 6.45) is 2.63. The molecule has 0 aromatic carbocycles. The number of aromatic nitrogens is 3. The molecule has 0 radical (unpaired) electrons. The van der Waals surface area contributed by atoms with Gasteiger partial charge in [0.25, 0.3) is 5.56 Å². The lowest BCUT2D eigenvalue weighted by atomic mass is 10.3. The van der Waals surface area contributed by atoms with Gasteiger partial charge in [0, 0.05) is 31.5 Å². The van der Waals surface area contributed by atoms with Crippen LogP contribution in [0.2, 0.25) is 0 Å². The van der Waals surface area contributed by atoms with E-state index in [4.69, 9.17) is 9.52 Å². The first-order chi connectivity index (χ1) is 10.1. The van der Waals surface area contributed by atoms with Crippen LogP contribution in [-0.4, -0.2) is 25.3 Å². The SMILES string of the molecule is CCc1nn(CCCC(=O)O)c(=O)c2cc3occc3n12. The molecule has 21 heavy (non-hydrogen) atoms. The molecule has 0 aliphatic heterocycles. The predicted molar refractivity (Wildman–Crippen MR) is 75.5 cm³/mol. The number of carbonyl (C=O) groups is 1. The van der Waals surface area contributed by atoms with E-state index in [0.717, 1.165) is 11.3 Å². The first-order valence-electron chi connectivity index (χ1n) is 6.82. The maximum Gasteiger partial charge on any atom is 0.303 e. The number of rotatable bonds is 5. The third-order valence-corrected chi connectivity index (χ3v) is 3.45. The van der Waals surface area contributed by atoms with Gasteiger partial charge >= 0.3 is 5.97 Å². The highest BCUT2D eigenvalue weighted by Gasteiger charge is 2.15. The van der Waals surface area contributed by atoms with E-state index < -0.39 is 5.97 Å². The van der Waals surface area contributed by atoms with Crippen molar-refractivity contribution < 1.29 is 14.3 Å². The minimum absolute atomic E-state index is 0.0180. The molecular weight excluding hydrogens is 274 g/mol. The van der Waals surface area contributed by atoms with Crippen molar-refractivity contribution >= 4 is 22.6 Å². The van der Waals surface area contributed by atoms with Crippen molar-refractivity contribution in [2.75, 3.05) is 0 Å². The second kappa shape index (κ2) is 5.08. The van der Waals surface area contributed by atoms with E-state index >= 15 is 0 Å². The molecule has 0 unspecified atom stereocenters. The van der Waals surface area contributed by atoms with Crippen molar-refractivity contribution in [3.63, 3.8) is 0 Å². The summed E-state index contributed by atoms with van der Waals surface area (Å²) in [6, 6.07) is 3.50. The molecular formula is C14H15N3O4. The van der Waals surface area contributed by atoms with Crippen LogP contribution in [0.15, 0.2) is 27.6 Å². The van der Waals surface area contributed by atoms with Crippen LogP contribution in [-0.2, 0) is 17.8 Å². The van der Waals surface area contributed by atoms with Gasteiger partial charge in [-0.05, 0) is 6.42 Å². The number of aliphatic carboxylic acids is 1. The quantitative estimate of drug-likeness (QED) is 0.771. The molecule has 1 N–H and O–H groups in total. The first kappa shape index (κ1) is 13.4. The zero-order chi connectivity index (χ0) is 15.0. The number of hydrogen-bond donors (Lipinski definition) is 1. The third-order valence-electron chi connectivity index (χ3n) is 3.45. The van der Waals surface area contributed by atoms with E-state index in [2.05, 4.69) is 5.10 Å². The summed E-state index contributed by atoms with van der Waals surface area (Å²) in [5, 5.41) is 13.0. The molecule has 0 aliphatic rings. The summed E-state index contributed by atoms with van der Waals surface area (Å²) in [5.41, 5.74) is 1.74. The van der Waals surface area contributed by atoms with Crippen molar-refractivity contribution in [1.29, 1.82) is 0 Å². The van der Waals surface area contributed by atoms with Crippen LogP contribution >= 0.6 is 0 Å². The van der Waals surface area contributed by atoms with Gasteiger partial charge in [-0.15, -0.1) is 0 Å². The summed E-state index contributed by atoms with van der Waals surface area (Å²) in [6.45, 7) is 2.25. The van der Waals surface area contributed by atoms with Crippen molar-refractivity contribution in [3.8, 4) is 0 Å². The summed E-state index contributed by atoms with van der Waals surface area (Å²) >= 11 is 0. The van der Waals surface area contributed by atoms with Gasteiger partial charge < -0.3 is 9.52 Å². The minimum Gasteiger partial charge on any atom is -0.481 e. The molecule has 0 saturated heterocycles. The molecule has 0 fully saturated rings. The Kier molecular flexibility index (Phi) is 3.25. The maximum atomic E-state index is 12.4. The fourth-order valence-electron chi connectivity index (χ4n) is 2.48. The second-order valence-electron chi connectivity index (χ2n) is 4.83. The Morgan fingerprint density at radius 3 is 2.95 bits per heavy atom. The van der Waals surface area contributed by atoms with Gasteiger partial charge in [-0.2, -0.15) is 5.10 Å². The van der Waals surface area contributed by atoms with Gasteiger partial charge in [-0.3, -0.25) is 14.0 Å². The van der Waals surface area contributed by atoms with Crippen LogP contribution < -0.4 is 5.56 Å². The van der Waals surface area contributed by atoms with E-state index in [1.807, 2.05) is 6.92 Å². The van der Waals surface area contributed by atoms with Crippen molar-refractivity contribution in [3.05, 3.63) is 34.6 Å². The van der Waals surface area contributed by atoms with E-state index in [9.17, 15) is 9.59 Å². The lowest BCUT2D eigenvalue weighted by molar-refractivity contribution is -0.137.